The molecule has 1 aromatic rings. The largest absolute Gasteiger partial charge is 0.379 e. The number of ether oxygens (including phenoxy) is 1. The Morgan fingerprint density at radius 1 is 1.56 bits per heavy atom. The first-order chi connectivity index (χ1) is 8.52. The SMILES string of the molecule is CNc1cc(C(=O)NC2(C)CCOC2)cc(Cl)n1. The minimum Gasteiger partial charge on any atom is -0.379 e. The average molecular weight is 270 g/mol. The Labute approximate surface area is 111 Å². The minimum atomic E-state index is -0.299. The first-order valence-electron chi connectivity index (χ1n) is 5.78. The Morgan fingerprint density at radius 3 is 2.94 bits per heavy atom. The van der Waals surface area contributed by atoms with Crippen molar-refractivity contribution in [2.24, 2.45) is 0 Å². The Morgan fingerprint density at radius 2 is 2.33 bits per heavy atom. The molecule has 0 aromatic carbocycles. The van der Waals surface area contributed by atoms with Crippen LogP contribution in [0.3, 0.4) is 0 Å². The number of aromatic nitrogens is 1. The summed E-state index contributed by atoms with van der Waals surface area (Å²) >= 11 is 5.87. The summed E-state index contributed by atoms with van der Waals surface area (Å²) in [5, 5.41) is 6.13. The zero-order valence-corrected chi connectivity index (χ0v) is 11.2. The highest BCUT2D eigenvalue weighted by molar-refractivity contribution is 6.29. The topological polar surface area (TPSA) is 63.2 Å². The highest BCUT2D eigenvalue weighted by Gasteiger charge is 2.31. The van der Waals surface area contributed by atoms with Gasteiger partial charge < -0.3 is 15.4 Å². The number of halogens is 1. The predicted molar refractivity (Wildman–Crippen MR) is 70.1 cm³/mol. The summed E-state index contributed by atoms with van der Waals surface area (Å²) < 4.78 is 5.30. The van der Waals surface area contributed by atoms with E-state index in [1.807, 2.05) is 6.92 Å². The molecule has 1 amide bonds. The third-order valence-corrected chi connectivity index (χ3v) is 3.14. The second-order valence-electron chi connectivity index (χ2n) is 4.63. The number of anilines is 1. The standard InChI is InChI=1S/C12H16ClN3O2/c1-12(3-4-18-7-12)16-11(17)8-5-9(13)15-10(6-8)14-2/h5-6H,3-4,7H2,1-2H3,(H,14,15)(H,16,17). The fraction of sp³-hybridized carbons (Fsp3) is 0.500. The van der Waals surface area contributed by atoms with E-state index < -0.39 is 0 Å². The van der Waals surface area contributed by atoms with E-state index in [-0.39, 0.29) is 11.4 Å². The third kappa shape index (κ3) is 2.91. The van der Waals surface area contributed by atoms with Crippen molar-refractivity contribution in [3.05, 3.63) is 22.8 Å². The maximum absolute atomic E-state index is 12.1. The summed E-state index contributed by atoms with van der Waals surface area (Å²) in [6.45, 7) is 3.19. The van der Waals surface area contributed by atoms with Crippen LogP contribution in [-0.4, -0.2) is 36.7 Å². The van der Waals surface area contributed by atoms with Gasteiger partial charge in [-0.2, -0.15) is 0 Å². The van der Waals surface area contributed by atoms with E-state index >= 15 is 0 Å². The molecule has 1 fully saturated rings. The zero-order chi connectivity index (χ0) is 13.2. The monoisotopic (exact) mass is 269 g/mol. The molecule has 2 rings (SSSR count). The summed E-state index contributed by atoms with van der Waals surface area (Å²) in [6.07, 6.45) is 0.816. The molecule has 0 bridgehead atoms. The van der Waals surface area contributed by atoms with E-state index in [4.69, 9.17) is 16.3 Å². The number of carbonyl (C=O) groups is 1. The van der Waals surface area contributed by atoms with Gasteiger partial charge in [-0.1, -0.05) is 11.6 Å². The summed E-state index contributed by atoms with van der Waals surface area (Å²) in [5.41, 5.74) is 0.194. The second-order valence-corrected chi connectivity index (χ2v) is 5.02. The molecule has 1 unspecified atom stereocenters. The molecule has 0 radical (unpaired) electrons. The molecule has 1 saturated heterocycles. The number of nitrogens with one attached hydrogen (secondary N) is 2. The highest BCUT2D eigenvalue weighted by atomic mass is 35.5. The number of hydrogen-bond acceptors (Lipinski definition) is 4. The van der Waals surface area contributed by atoms with Crippen LogP contribution >= 0.6 is 11.6 Å². The summed E-state index contributed by atoms with van der Waals surface area (Å²) in [6, 6.07) is 3.22. The van der Waals surface area contributed by atoms with Gasteiger partial charge in [0.2, 0.25) is 0 Å². The third-order valence-electron chi connectivity index (χ3n) is 2.95. The smallest absolute Gasteiger partial charge is 0.252 e. The molecule has 98 valence electrons. The maximum atomic E-state index is 12.1. The number of carbonyl (C=O) groups excluding carboxylic acids is 1. The number of nitrogens with zero attached hydrogens (tertiary/aromatic N) is 1. The van der Waals surface area contributed by atoms with Crippen LogP contribution in [0.5, 0.6) is 0 Å². The van der Waals surface area contributed by atoms with Crippen LogP contribution in [0.1, 0.15) is 23.7 Å². The normalized spacial score (nSPS) is 22.8. The van der Waals surface area contributed by atoms with Gasteiger partial charge in [-0.3, -0.25) is 4.79 Å². The quantitative estimate of drug-likeness (QED) is 0.820. The van der Waals surface area contributed by atoms with E-state index in [1.165, 1.54) is 0 Å². The number of rotatable bonds is 3. The minimum absolute atomic E-state index is 0.163. The van der Waals surface area contributed by atoms with Crippen LogP contribution in [0.25, 0.3) is 0 Å². The van der Waals surface area contributed by atoms with Crippen LogP contribution in [0.15, 0.2) is 12.1 Å². The molecule has 1 aliphatic heterocycles. The Kier molecular flexibility index (Phi) is 3.73. The molecule has 18 heavy (non-hydrogen) atoms. The molecule has 0 spiro atoms. The molecule has 0 saturated carbocycles. The molecule has 5 nitrogen and oxygen atoms in total. The van der Waals surface area contributed by atoms with Crippen LogP contribution in [-0.2, 0) is 4.74 Å². The van der Waals surface area contributed by atoms with E-state index in [2.05, 4.69) is 15.6 Å². The first-order valence-corrected chi connectivity index (χ1v) is 6.16. The lowest BCUT2D eigenvalue weighted by atomic mass is 10.0. The van der Waals surface area contributed by atoms with Crippen molar-refractivity contribution in [2.75, 3.05) is 25.6 Å². The lowest BCUT2D eigenvalue weighted by Gasteiger charge is -2.23. The van der Waals surface area contributed by atoms with Crippen LogP contribution < -0.4 is 10.6 Å². The van der Waals surface area contributed by atoms with Gasteiger partial charge in [-0.15, -0.1) is 0 Å². The molecule has 6 heteroatoms. The van der Waals surface area contributed by atoms with E-state index in [1.54, 1.807) is 19.2 Å². The maximum Gasteiger partial charge on any atom is 0.252 e. The predicted octanol–water partition coefficient (Wildman–Crippen LogP) is 1.69. The van der Waals surface area contributed by atoms with Crippen molar-refractivity contribution in [2.45, 2.75) is 18.9 Å². The van der Waals surface area contributed by atoms with Crippen molar-refractivity contribution < 1.29 is 9.53 Å². The van der Waals surface area contributed by atoms with Gasteiger partial charge in [-0.25, -0.2) is 4.98 Å². The van der Waals surface area contributed by atoms with E-state index in [0.29, 0.717) is 29.7 Å². The van der Waals surface area contributed by atoms with Gasteiger partial charge in [0.05, 0.1) is 12.1 Å². The molecular formula is C12H16ClN3O2. The van der Waals surface area contributed by atoms with Crippen LogP contribution in [0.4, 0.5) is 5.82 Å². The Balaban J connectivity index is 2.15. The average Bonchev–Trinajstić information content (AvgIpc) is 2.74. The second kappa shape index (κ2) is 5.12. The van der Waals surface area contributed by atoms with Gasteiger partial charge in [0.1, 0.15) is 11.0 Å². The van der Waals surface area contributed by atoms with Gasteiger partial charge in [0.15, 0.2) is 0 Å². The zero-order valence-electron chi connectivity index (χ0n) is 10.4. The number of pyridine rings is 1. The summed E-state index contributed by atoms with van der Waals surface area (Å²) in [4.78, 5) is 16.2. The molecular weight excluding hydrogens is 254 g/mol. The van der Waals surface area contributed by atoms with Crippen molar-refractivity contribution in [1.82, 2.24) is 10.3 Å². The van der Waals surface area contributed by atoms with Crippen LogP contribution in [0.2, 0.25) is 5.15 Å². The Bertz CT molecular complexity index is 459. The molecule has 0 aliphatic carbocycles. The van der Waals surface area contributed by atoms with Gasteiger partial charge >= 0.3 is 0 Å². The first kappa shape index (κ1) is 13.1. The molecule has 2 N–H and O–H groups in total. The highest BCUT2D eigenvalue weighted by Crippen LogP contribution is 2.20. The van der Waals surface area contributed by atoms with Crippen molar-refractivity contribution >= 4 is 23.3 Å². The molecule has 1 aromatic heterocycles. The fourth-order valence-electron chi connectivity index (χ4n) is 1.87. The van der Waals surface area contributed by atoms with Crippen molar-refractivity contribution in [3.63, 3.8) is 0 Å². The van der Waals surface area contributed by atoms with Gasteiger partial charge in [0, 0.05) is 19.2 Å². The Hall–Kier alpha value is -1.33. The molecule has 1 atom stereocenters. The van der Waals surface area contributed by atoms with Crippen molar-refractivity contribution in [1.29, 1.82) is 0 Å². The summed E-state index contributed by atoms with van der Waals surface area (Å²) in [5.74, 6) is 0.407. The van der Waals surface area contributed by atoms with Crippen LogP contribution in [0, 0.1) is 0 Å². The molecule has 1 aliphatic rings. The fourth-order valence-corrected chi connectivity index (χ4v) is 2.08. The lowest BCUT2D eigenvalue weighted by Crippen LogP contribution is -2.46. The number of hydrogen-bond donors (Lipinski definition) is 2. The summed E-state index contributed by atoms with van der Waals surface area (Å²) in [7, 11) is 1.73. The van der Waals surface area contributed by atoms with E-state index in [0.717, 1.165) is 6.42 Å². The number of amides is 1. The lowest BCUT2D eigenvalue weighted by molar-refractivity contribution is 0.0890. The van der Waals surface area contributed by atoms with Gasteiger partial charge in [-0.05, 0) is 25.5 Å². The van der Waals surface area contributed by atoms with Gasteiger partial charge in [0.25, 0.3) is 5.91 Å². The van der Waals surface area contributed by atoms with Crippen molar-refractivity contribution in [3.8, 4) is 0 Å². The van der Waals surface area contributed by atoms with E-state index in [9.17, 15) is 4.79 Å². The molecule has 2 heterocycles.